The van der Waals surface area contributed by atoms with Crippen LogP contribution in [0.4, 0.5) is 10.1 Å². The van der Waals surface area contributed by atoms with E-state index in [4.69, 9.17) is 23.2 Å². The molecule has 0 radical (unpaired) electrons. The van der Waals surface area contributed by atoms with Gasteiger partial charge in [0, 0.05) is 22.8 Å². The van der Waals surface area contributed by atoms with Gasteiger partial charge in [0.05, 0.1) is 16.1 Å². The first-order valence-corrected chi connectivity index (χ1v) is 10.0. The van der Waals surface area contributed by atoms with Crippen molar-refractivity contribution in [3.05, 3.63) is 87.2 Å². The number of carbonyl (C=O) groups is 2. The Morgan fingerprint density at radius 1 is 1.00 bits per heavy atom. The summed E-state index contributed by atoms with van der Waals surface area (Å²) in [5.74, 6) is -2.18. The van der Waals surface area contributed by atoms with Crippen molar-refractivity contribution in [3.63, 3.8) is 0 Å². The minimum Gasteiger partial charge on any atom is -0.478 e. The van der Waals surface area contributed by atoms with E-state index < -0.39 is 17.7 Å². The smallest absolute Gasteiger partial charge is 0.335 e. The molecule has 3 aromatic carbocycles. The van der Waals surface area contributed by atoms with Gasteiger partial charge >= 0.3 is 5.97 Å². The Morgan fingerprint density at radius 2 is 1.80 bits per heavy atom. The van der Waals surface area contributed by atoms with E-state index in [1.54, 1.807) is 18.2 Å². The molecular weight excluding hydrogens is 428 g/mol. The third kappa shape index (κ3) is 3.66. The molecular formula is C23H16Cl2FNO3. The van der Waals surface area contributed by atoms with Gasteiger partial charge < -0.3 is 10.0 Å². The Labute approximate surface area is 182 Å². The van der Waals surface area contributed by atoms with E-state index in [2.05, 4.69) is 0 Å². The molecule has 0 fully saturated rings. The molecule has 0 aliphatic carbocycles. The SMILES string of the molecule is O=C(O)c1ccc(Cl)c(-c2ccc3c(c2)CCCN3C(=O)c2c(F)cccc2Cl)c1. The molecule has 4 nitrogen and oxygen atoms in total. The largest absolute Gasteiger partial charge is 0.478 e. The van der Waals surface area contributed by atoms with Crippen LogP contribution < -0.4 is 4.90 Å². The molecule has 0 aromatic heterocycles. The summed E-state index contributed by atoms with van der Waals surface area (Å²) in [6.07, 6.45) is 1.44. The second-order valence-corrected chi connectivity index (χ2v) is 7.81. The van der Waals surface area contributed by atoms with Gasteiger partial charge in [-0.1, -0.05) is 35.3 Å². The van der Waals surface area contributed by atoms with Crippen molar-refractivity contribution in [2.24, 2.45) is 0 Å². The van der Waals surface area contributed by atoms with Crippen LogP contribution in [0.1, 0.15) is 32.7 Å². The zero-order valence-electron chi connectivity index (χ0n) is 15.7. The summed E-state index contributed by atoms with van der Waals surface area (Å²) in [6, 6.07) is 14.1. The maximum atomic E-state index is 14.3. The molecule has 0 saturated carbocycles. The normalized spacial score (nSPS) is 13.1. The number of aromatic carboxylic acids is 1. The van der Waals surface area contributed by atoms with Crippen molar-refractivity contribution in [2.75, 3.05) is 11.4 Å². The predicted octanol–water partition coefficient (Wildman–Crippen LogP) is 6.09. The van der Waals surface area contributed by atoms with Crippen molar-refractivity contribution in [2.45, 2.75) is 12.8 Å². The van der Waals surface area contributed by atoms with Gasteiger partial charge in [-0.2, -0.15) is 0 Å². The van der Waals surface area contributed by atoms with E-state index in [1.165, 1.54) is 35.2 Å². The average Bonchev–Trinajstić information content (AvgIpc) is 2.72. The van der Waals surface area contributed by atoms with Crippen LogP contribution in [0.5, 0.6) is 0 Å². The quantitative estimate of drug-likeness (QED) is 0.532. The van der Waals surface area contributed by atoms with Crippen molar-refractivity contribution in [1.82, 2.24) is 0 Å². The Bertz CT molecular complexity index is 1160. The first-order chi connectivity index (χ1) is 14.4. The highest BCUT2D eigenvalue weighted by Crippen LogP contribution is 2.36. The van der Waals surface area contributed by atoms with Gasteiger partial charge in [0.1, 0.15) is 5.82 Å². The van der Waals surface area contributed by atoms with Crippen molar-refractivity contribution < 1.29 is 19.1 Å². The van der Waals surface area contributed by atoms with Gasteiger partial charge in [0.25, 0.3) is 5.91 Å². The van der Waals surface area contributed by atoms with Crippen molar-refractivity contribution in [3.8, 4) is 11.1 Å². The molecule has 1 aliphatic heterocycles. The van der Waals surface area contributed by atoms with E-state index in [0.717, 1.165) is 17.5 Å². The minimum atomic E-state index is -1.04. The number of rotatable bonds is 3. The Kier molecular flexibility index (Phi) is 5.50. The lowest BCUT2D eigenvalue weighted by molar-refractivity contribution is 0.0696. The number of halogens is 3. The Balaban J connectivity index is 1.75. The van der Waals surface area contributed by atoms with E-state index in [-0.39, 0.29) is 16.1 Å². The van der Waals surface area contributed by atoms with Crippen LogP contribution in [0.2, 0.25) is 10.0 Å². The van der Waals surface area contributed by atoms with Gasteiger partial charge in [-0.15, -0.1) is 0 Å². The molecule has 0 atom stereocenters. The van der Waals surface area contributed by atoms with Gasteiger partial charge in [-0.3, -0.25) is 4.79 Å². The Morgan fingerprint density at radius 3 is 2.53 bits per heavy atom. The Hall–Kier alpha value is -2.89. The lowest BCUT2D eigenvalue weighted by atomic mass is 9.95. The van der Waals surface area contributed by atoms with Crippen LogP contribution >= 0.6 is 23.2 Å². The van der Waals surface area contributed by atoms with E-state index >= 15 is 0 Å². The summed E-state index contributed by atoms with van der Waals surface area (Å²) in [5.41, 5.74) is 2.92. The lowest BCUT2D eigenvalue weighted by Gasteiger charge is -2.30. The summed E-state index contributed by atoms with van der Waals surface area (Å²) >= 11 is 12.4. The molecule has 0 unspecified atom stereocenters. The molecule has 7 heteroatoms. The number of anilines is 1. The molecule has 0 bridgehead atoms. The average molecular weight is 444 g/mol. The zero-order valence-corrected chi connectivity index (χ0v) is 17.2. The number of carboxylic acids is 1. The first kappa shape index (κ1) is 20.4. The second kappa shape index (κ2) is 8.09. The number of carbonyl (C=O) groups excluding carboxylic acids is 1. The molecule has 3 aromatic rings. The molecule has 1 N–H and O–H groups in total. The fraction of sp³-hybridized carbons (Fsp3) is 0.130. The number of carboxylic acid groups (broad SMARTS) is 1. The molecule has 1 heterocycles. The minimum absolute atomic E-state index is 0.0704. The van der Waals surface area contributed by atoms with Crippen LogP contribution in [0.3, 0.4) is 0 Å². The number of benzene rings is 3. The van der Waals surface area contributed by atoms with E-state index in [1.807, 2.05) is 6.07 Å². The highest BCUT2D eigenvalue weighted by atomic mass is 35.5. The molecule has 1 aliphatic rings. The van der Waals surface area contributed by atoms with Crippen LogP contribution in [-0.4, -0.2) is 23.5 Å². The molecule has 30 heavy (non-hydrogen) atoms. The van der Waals surface area contributed by atoms with Crippen LogP contribution in [0.25, 0.3) is 11.1 Å². The van der Waals surface area contributed by atoms with Gasteiger partial charge in [-0.05, 0) is 66.4 Å². The van der Waals surface area contributed by atoms with Gasteiger partial charge in [0.2, 0.25) is 0 Å². The van der Waals surface area contributed by atoms with Crippen LogP contribution in [-0.2, 0) is 6.42 Å². The second-order valence-electron chi connectivity index (χ2n) is 7.00. The number of amides is 1. The van der Waals surface area contributed by atoms with Crippen molar-refractivity contribution in [1.29, 1.82) is 0 Å². The summed E-state index contributed by atoms with van der Waals surface area (Å²) in [6.45, 7) is 0.450. The zero-order chi connectivity index (χ0) is 21.4. The van der Waals surface area contributed by atoms with Crippen molar-refractivity contribution >= 4 is 40.8 Å². The fourth-order valence-corrected chi connectivity index (χ4v) is 4.16. The molecule has 0 saturated heterocycles. The fourth-order valence-electron chi connectivity index (χ4n) is 3.69. The predicted molar refractivity (Wildman–Crippen MR) is 115 cm³/mol. The highest BCUT2D eigenvalue weighted by Gasteiger charge is 2.27. The van der Waals surface area contributed by atoms with E-state index in [9.17, 15) is 19.1 Å². The lowest BCUT2D eigenvalue weighted by Crippen LogP contribution is -2.36. The standard InChI is InChI=1S/C23H16Cl2FNO3/c24-17-8-6-15(23(29)30)12-16(17)13-7-9-20-14(11-13)3-2-10-27(20)22(28)21-18(25)4-1-5-19(21)26/h1,4-9,11-12H,2-3,10H2,(H,29,30). The summed E-state index contributed by atoms with van der Waals surface area (Å²) in [5, 5.41) is 9.76. The first-order valence-electron chi connectivity index (χ1n) is 9.29. The molecule has 4 rings (SSSR count). The number of aryl methyl sites for hydroxylation is 1. The van der Waals surface area contributed by atoms with Crippen LogP contribution in [0.15, 0.2) is 54.6 Å². The maximum absolute atomic E-state index is 14.3. The highest BCUT2D eigenvalue weighted by molar-refractivity contribution is 6.34. The third-order valence-electron chi connectivity index (χ3n) is 5.14. The number of hydrogen-bond donors (Lipinski definition) is 1. The number of nitrogens with zero attached hydrogens (tertiary/aromatic N) is 1. The summed E-state index contributed by atoms with van der Waals surface area (Å²) < 4.78 is 14.3. The molecule has 1 amide bonds. The third-order valence-corrected chi connectivity index (χ3v) is 5.79. The van der Waals surface area contributed by atoms with E-state index in [0.29, 0.717) is 29.2 Å². The monoisotopic (exact) mass is 443 g/mol. The summed E-state index contributed by atoms with van der Waals surface area (Å²) in [7, 11) is 0. The molecule has 0 spiro atoms. The number of hydrogen-bond acceptors (Lipinski definition) is 2. The summed E-state index contributed by atoms with van der Waals surface area (Å²) in [4.78, 5) is 25.9. The maximum Gasteiger partial charge on any atom is 0.335 e. The van der Waals surface area contributed by atoms with Crippen LogP contribution in [0, 0.1) is 5.82 Å². The van der Waals surface area contributed by atoms with Gasteiger partial charge in [-0.25, -0.2) is 9.18 Å². The van der Waals surface area contributed by atoms with Gasteiger partial charge in [0.15, 0.2) is 0 Å². The number of fused-ring (bicyclic) bond motifs is 1. The topological polar surface area (TPSA) is 57.6 Å². The molecule has 152 valence electrons.